The monoisotopic (exact) mass is 324 g/mol. The average molecular weight is 325 g/mol. The molecule has 2 rings (SSSR count). The molecule has 100 valence electrons. The Kier molecular flexibility index (Phi) is 4.57. The number of carbonyl (C=O) groups excluding carboxylic acids is 1. The number of nitrogens with one attached hydrogen (secondary N) is 1. The van der Waals surface area contributed by atoms with Gasteiger partial charge in [0.25, 0.3) is 5.91 Å². The maximum Gasteiger partial charge on any atom is 0.261 e. The number of carbonyl (C=O) groups is 1. The van der Waals surface area contributed by atoms with Gasteiger partial charge in [0.2, 0.25) is 0 Å². The molecule has 2 aromatic rings. The molecule has 1 unspecified atom stereocenters. The van der Waals surface area contributed by atoms with Crippen LogP contribution in [0.4, 0.5) is 0 Å². The van der Waals surface area contributed by atoms with Crippen molar-refractivity contribution < 1.29 is 13.9 Å². The molecule has 2 aromatic heterocycles. The maximum atomic E-state index is 11.8. The van der Waals surface area contributed by atoms with E-state index in [4.69, 9.17) is 9.15 Å². The molecule has 0 aliphatic carbocycles. The summed E-state index contributed by atoms with van der Waals surface area (Å²) in [4.78, 5) is 15.9. The standard InChI is InChI=1S/C13H13BrN2O3/c1-9(19-11-5-2-6-15-12(11)14)13(17)16-8-10-4-3-7-18-10/h2-7,9H,8H2,1H3,(H,16,17). The van der Waals surface area contributed by atoms with Gasteiger partial charge < -0.3 is 14.5 Å². The molecule has 19 heavy (non-hydrogen) atoms. The van der Waals surface area contributed by atoms with Crippen molar-refractivity contribution in [3.8, 4) is 5.75 Å². The van der Waals surface area contributed by atoms with Crippen LogP contribution in [0, 0.1) is 0 Å². The van der Waals surface area contributed by atoms with Crippen molar-refractivity contribution in [3.05, 3.63) is 47.1 Å². The van der Waals surface area contributed by atoms with Gasteiger partial charge in [0, 0.05) is 6.20 Å². The summed E-state index contributed by atoms with van der Waals surface area (Å²) in [6, 6.07) is 7.05. The lowest BCUT2D eigenvalue weighted by atomic mass is 10.3. The Labute approximate surface area is 119 Å². The Hall–Kier alpha value is -1.82. The topological polar surface area (TPSA) is 64.4 Å². The summed E-state index contributed by atoms with van der Waals surface area (Å²) in [5, 5.41) is 2.73. The Bertz CT molecular complexity index is 543. The Morgan fingerprint density at radius 2 is 2.37 bits per heavy atom. The summed E-state index contributed by atoms with van der Waals surface area (Å²) in [5.41, 5.74) is 0. The van der Waals surface area contributed by atoms with Gasteiger partial charge >= 0.3 is 0 Å². The van der Waals surface area contributed by atoms with Gasteiger partial charge in [-0.25, -0.2) is 4.98 Å². The van der Waals surface area contributed by atoms with Crippen molar-refractivity contribution >= 4 is 21.8 Å². The van der Waals surface area contributed by atoms with Crippen LogP contribution in [0.1, 0.15) is 12.7 Å². The second-order valence-electron chi connectivity index (χ2n) is 3.85. The quantitative estimate of drug-likeness (QED) is 0.858. The zero-order valence-corrected chi connectivity index (χ0v) is 11.9. The van der Waals surface area contributed by atoms with Crippen LogP contribution in [0.5, 0.6) is 5.75 Å². The highest BCUT2D eigenvalue weighted by Gasteiger charge is 2.16. The first-order valence-electron chi connectivity index (χ1n) is 5.74. The van der Waals surface area contributed by atoms with Gasteiger partial charge in [0.1, 0.15) is 10.4 Å². The number of pyridine rings is 1. The first-order chi connectivity index (χ1) is 9.16. The van der Waals surface area contributed by atoms with Crippen LogP contribution >= 0.6 is 15.9 Å². The maximum absolute atomic E-state index is 11.8. The van der Waals surface area contributed by atoms with Crippen molar-refractivity contribution in [2.24, 2.45) is 0 Å². The van der Waals surface area contributed by atoms with Crippen molar-refractivity contribution in [1.29, 1.82) is 0 Å². The van der Waals surface area contributed by atoms with Crippen LogP contribution in [-0.4, -0.2) is 17.0 Å². The Balaban J connectivity index is 1.87. The third kappa shape index (κ3) is 3.82. The van der Waals surface area contributed by atoms with Crippen molar-refractivity contribution in [2.75, 3.05) is 0 Å². The van der Waals surface area contributed by atoms with E-state index >= 15 is 0 Å². The van der Waals surface area contributed by atoms with E-state index in [1.54, 1.807) is 43.6 Å². The molecule has 0 saturated carbocycles. The summed E-state index contributed by atoms with van der Waals surface area (Å²) in [7, 11) is 0. The molecule has 0 fully saturated rings. The minimum absolute atomic E-state index is 0.216. The summed E-state index contributed by atoms with van der Waals surface area (Å²) >= 11 is 3.26. The number of furan rings is 1. The van der Waals surface area contributed by atoms with Gasteiger partial charge in [-0.15, -0.1) is 0 Å². The van der Waals surface area contributed by atoms with E-state index in [2.05, 4.69) is 26.2 Å². The van der Waals surface area contributed by atoms with E-state index in [0.29, 0.717) is 22.7 Å². The van der Waals surface area contributed by atoms with Crippen LogP contribution in [0.2, 0.25) is 0 Å². The molecule has 1 N–H and O–H groups in total. The number of hydrogen-bond acceptors (Lipinski definition) is 4. The zero-order chi connectivity index (χ0) is 13.7. The number of ether oxygens (including phenoxy) is 1. The minimum Gasteiger partial charge on any atom is -0.478 e. The van der Waals surface area contributed by atoms with Crippen LogP contribution < -0.4 is 10.1 Å². The number of nitrogens with zero attached hydrogens (tertiary/aromatic N) is 1. The van der Waals surface area contributed by atoms with Gasteiger partial charge in [-0.3, -0.25) is 4.79 Å². The largest absolute Gasteiger partial charge is 0.478 e. The van der Waals surface area contributed by atoms with Crippen LogP contribution in [0.3, 0.4) is 0 Å². The highest BCUT2D eigenvalue weighted by atomic mass is 79.9. The highest BCUT2D eigenvalue weighted by molar-refractivity contribution is 9.10. The first kappa shape index (κ1) is 13.6. The smallest absolute Gasteiger partial charge is 0.261 e. The molecule has 0 aromatic carbocycles. The third-order valence-electron chi connectivity index (χ3n) is 2.41. The number of amides is 1. The van der Waals surface area contributed by atoms with Crippen molar-refractivity contribution in [1.82, 2.24) is 10.3 Å². The van der Waals surface area contributed by atoms with Crippen LogP contribution in [0.25, 0.3) is 0 Å². The van der Waals surface area contributed by atoms with Gasteiger partial charge in [-0.2, -0.15) is 0 Å². The van der Waals surface area contributed by atoms with Crippen LogP contribution in [0.15, 0.2) is 45.7 Å². The lowest BCUT2D eigenvalue weighted by Crippen LogP contribution is -2.35. The molecule has 0 saturated heterocycles. The third-order valence-corrected chi connectivity index (χ3v) is 3.01. The molecule has 0 radical (unpaired) electrons. The van der Waals surface area contributed by atoms with Gasteiger partial charge in [-0.1, -0.05) is 0 Å². The molecular weight excluding hydrogens is 312 g/mol. The molecule has 0 spiro atoms. The SMILES string of the molecule is CC(Oc1cccnc1Br)C(=O)NCc1ccco1. The highest BCUT2D eigenvalue weighted by Crippen LogP contribution is 2.22. The fourth-order valence-corrected chi connectivity index (χ4v) is 1.78. The zero-order valence-electron chi connectivity index (χ0n) is 10.3. The number of halogens is 1. The molecule has 0 bridgehead atoms. The second-order valence-corrected chi connectivity index (χ2v) is 4.60. The van der Waals surface area contributed by atoms with Gasteiger partial charge in [0.05, 0.1) is 12.8 Å². The normalized spacial score (nSPS) is 11.9. The predicted molar refractivity (Wildman–Crippen MR) is 72.6 cm³/mol. The van der Waals surface area contributed by atoms with E-state index < -0.39 is 6.10 Å². The van der Waals surface area contributed by atoms with Gasteiger partial charge in [-0.05, 0) is 47.1 Å². The molecule has 1 atom stereocenters. The van der Waals surface area contributed by atoms with Crippen molar-refractivity contribution in [3.63, 3.8) is 0 Å². The van der Waals surface area contributed by atoms with E-state index in [9.17, 15) is 4.79 Å². The molecular formula is C13H13BrN2O3. The predicted octanol–water partition coefficient (Wildman–Crippen LogP) is 2.52. The van der Waals surface area contributed by atoms with Crippen molar-refractivity contribution in [2.45, 2.75) is 19.6 Å². The second kappa shape index (κ2) is 6.38. The number of rotatable bonds is 5. The number of hydrogen-bond donors (Lipinski definition) is 1. The fraction of sp³-hybridized carbons (Fsp3) is 0.231. The van der Waals surface area contributed by atoms with E-state index in [-0.39, 0.29) is 5.91 Å². The Morgan fingerprint density at radius 1 is 1.53 bits per heavy atom. The van der Waals surface area contributed by atoms with E-state index in [1.807, 2.05) is 0 Å². The number of aromatic nitrogens is 1. The molecule has 0 aliphatic rings. The summed E-state index contributed by atoms with van der Waals surface area (Å²) < 4.78 is 11.2. The summed E-state index contributed by atoms with van der Waals surface area (Å²) in [5.74, 6) is 1.01. The molecule has 0 aliphatic heterocycles. The lowest BCUT2D eigenvalue weighted by Gasteiger charge is -2.14. The minimum atomic E-state index is -0.615. The molecule has 1 amide bonds. The van der Waals surface area contributed by atoms with Gasteiger partial charge in [0.15, 0.2) is 11.9 Å². The van der Waals surface area contributed by atoms with E-state index in [0.717, 1.165) is 0 Å². The summed E-state index contributed by atoms with van der Waals surface area (Å²) in [6.07, 6.45) is 2.59. The lowest BCUT2D eigenvalue weighted by molar-refractivity contribution is -0.127. The average Bonchev–Trinajstić information content (AvgIpc) is 2.91. The van der Waals surface area contributed by atoms with Crippen LogP contribution in [-0.2, 0) is 11.3 Å². The molecule has 5 nitrogen and oxygen atoms in total. The molecule has 2 heterocycles. The first-order valence-corrected chi connectivity index (χ1v) is 6.53. The fourth-order valence-electron chi connectivity index (χ4n) is 1.43. The molecule has 6 heteroatoms. The van der Waals surface area contributed by atoms with E-state index in [1.165, 1.54) is 0 Å². The Morgan fingerprint density at radius 3 is 3.05 bits per heavy atom. The summed E-state index contributed by atoms with van der Waals surface area (Å²) in [6.45, 7) is 2.02.